The number of nitrogens with zero attached hydrogens (tertiary/aromatic N) is 1. The van der Waals surface area contributed by atoms with Gasteiger partial charge in [0.25, 0.3) is 0 Å². The number of nitrogens with one attached hydrogen (secondary N) is 2. The number of benzene rings is 1. The quantitative estimate of drug-likeness (QED) is 0.820. The van der Waals surface area contributed by atoms with Crippen molar-refractivity contribution in [2.45, 2.75) is 6.54 Å². The Morgan fingerprint density at radius 3 is 2.56 bits per heavy atom. The Morgan fingerprint density at radius 1 is 1.06 bits per heavy atom. The van der Waals surface area contributed by atoms with Crippen LogP contribution in [0.4, 0.5) is 11.4 Å². The van der Waals surface area contributed by atoms with Crippen molar-refractivity contribution in [2.75, 3.05) is 17.7 Å². The summed E-state index contributed by atoms with van der Waals surface area (Å²) in [5.74, 6) is 0. The van der Waals surface area contributed by atoms with Gasteiger partial charge in [-0.3, -0.25) is 4.98 Å². The van der Waals surface area contributed by atoms with E-state index in [4.69, 9.17) is 0 Å². The lowest BCUT2D eigenvalue weighted by molar-refractivity contribution is 1.14. The van der Waals surface area contributed by atoms with Crippen LogP contribution in [0.1, 0.15) is 5.56 Å². The Labute approximate surface area is 95.5 Å². The van der Waals surface area contributed by atoms with Crippen molar-refractivity contribution in [3.63, 3.8) is 0 Å². The molecule has 1 aromatic heterocycles. The summed E-state index contributed by atoms with van der Waals surface area (Å²) in [6.07, 6.45) is 3.62. The minimum Gasteiger partial charge on any atom is -0.387 e. The van der Waals surface area contributed by atoms with E-state index in [1.807, 2.05) is 37.5 Å². The van der Waals surface area contributed by atoms with Crippen LogP contribution in [0.5, 0.6) is 0 Å². The summed E-state index contributed by atoms with van der Waals surface area (Å²) in [6.45, 7) is 0.815. The molecule has 0 amide bonds. The van der Waals surface area contributed by atoms with Crippen molar-refractivity contribution in [2.24, 2.45) is 0 Å². The molecule has 0 saturated carbocycles. The molecule has 3 nitrogen and oxygen atoms in total. The van der Waals surface area contributed by atoms with Crippen molar-refractivity contribution in [3.8, 4) is 0 Å². The average Bonchev–Trinajstić information content (AvgIpc) is 2.38. The number of hydrogen-bond acceptors (Lipinski definition) is 3. The summed E-state index contributed by atoms with van der Waals surface area (Å²) < 4.78 is 0. The van der Waals surface area contributed by atoms with Crippen LogP contribution in [-0.4, -0.2) is 12.0 Å². The van der Waals surface area contributed by atoms with Gasteiger partial charge >= 0.3 is 0 Å². The number of hydrogen-bond donors (Lipinski definition) is 2. The SMILES string of the molecule is CNc1cncc(NCc2ccccc2)c1. The zero-order valence-corrected chi connectivity index (χ0v) is 9.27. The van der Waals surface area contributed by atoms with Crippen LogP contribution < -0.4 is 10.6 Å². The summed E-state index contributed by atoms with van der Waals surface area (Å²) in [6, 6.07) is 12.3. The molecular formula is C13H15N3. The molecule has 82 valence electrons. The van der Waals surface area contributed by atoms with Gasteiger partial charge < -0.3 is 10.6 Å². The fourth-order valence-electron chi connectivity index (χ4n) is 1.47. The lowest BCUT2D eigenvalue weighted by Crippen LogP contribution is -2.00. The van der Waals surface area contributed by atoms with E-state index >= 15 is 0 Å². The molecule has 0 aliphatic rings. The second-order valence-corrected chi connectivity index (χ2v) is 3.55. The van der Waals surface area contributed by atoms with Crippen LogP contribution in [0, 0.1) is 0 Å². The van der Waals surface area contributed by atoms with Crippen molar-refractivity contribution < 1.29 is 0 Å². The summed E-state index contributed by atoms with van der Waals surface area (Å²) in [5, 5.41) is 6.40. The number of rotatable bonds is 4. The largest absolute Gasteiger partial charge is 0.387 e. The number of aromatic nitrogens is 1. The summed E-state index contributed by atoms with van der Waals surface area (Å²) in [4.78, 5) is 4.14. The van der Waals surface area contributed by atoms with Gasteiger partial charge in [-0.1, -0.05) is 30.3 Å². The van der Waals surface area contributed by atoms with Gasteiger partial charge in [0.05, 0.1) is 23.8 Å². The Balaban J connectivity index is 1.99. The van der Waals surface area contributed by atoms with Crippen LogP contribution in [-0.2, 0) is 6.54 Å². The summed E-state index contributed by atoms with van der Waals surface area (Å²) in [7, 11) is 1.89. The minimum atomic E-state index is 0.815. The Bertz CT molecular complexity index is 440. The summed E-state index contributed by atoms with van der Waals surface area (Å²) >= 11 is 0. The van der Waals surface area contributed by atoms with E-state index in [9.17, 15) is 0 Å². The lowest BCUT2D eigenvalue weighted by atomic mass is 10.2. The van der Waals surface area contributed by atoms with Crippen molar-refractivity contribution >= 4 is 11.4 Å². The van der Waals surface area contributed by atoms with Crippen LogP contribution in [0.3, 0.4) is 0 Å². The third kappa shape index (κ3) is 2.73. The third-order valence-corrected chi connectivity index (χ3v) is 2.37. The van der Waals surface area contributed by atoms with Gasteiger partial charge in [-0.25, -0.2) is 0 Å². The molecule has 0 aliphatic heterocycles. The molecule has 0 atom stereocenters. The van der Waals surface area contributed by atoms with Crippen LogP contribution in [0.2, 0.25) is 0 Å². The third-order valence-electron chi connectivity index (χ3n) is 2.37. The molecule has 0 aliphatic carbocycles. The number of pyridine rings is 1. The molecule has 2 aromatic rings. The second-order valence-electron chi connectivity index (χ2n) is 3.55. The van der Waals surface area contributed by atoms with Gasteiger partial charge in [0.2, 0.25) is 0 Å². The van der Waals surface area contributed by atoms with Crippen LogP contribution in [0.25, 0.3) is 0 Å². The molecule has 0 fully saturated rings. The normalized spacial score (nSPS) is 9.81. The maximum atomic E-state index is 4.14. The molecule has 0 saturated heterocycles. The Hall–Kier alpha value is -2.03. The molecule has 0 radical (unpaired) electrons. The van der Waals surface area contributed by atoms with Crippen molar-refractivity contribution in [1.82, 2.24) is 4.98 Å². The molecular weight excluding hydrogens is 198 g/mol. The highest BCUT2D eigenvalue weighted by molar-refractivity contribution is 5.53. The van der Waals surface area contributed by atoms with E-state index in [2.05, 4.69) is 27.8 Å². The van der Waals surface area contributed by atoms with Crippen LogP contribution in [0.15, 0.2) is 48.8 Å². The van der Waals surface area contributed by atoms with E-state index in [1.54, 1.807) is 6.20 Å². The molecule has 0 unspecified atom stereocenters. The van der Waals surface area contributed by atoms with Gasteiger partial charge in [0, 0.05) is 13.6 Å². The first kappa shape index (κ1) is 10.5. The van der Waals surface area contributed by atoms with Crippen molar-refractivity contribution in [1.29, 1.82) is 0 Å². The first-order valence-corrected chi connectivity index (χ1v) is 5.29. The molecule has 1 heterocycles. The average molecular weight is 213 g/mol. The molecule has 2 N–H and O–H groups in total. The highest BCUT2D eigenvalue weighted by atomic mass is 14.9. The second kappa shape index (κ2) is 5.16. The minimum absolute atomic E-state index is 0.815. The topological polar surface area (TPSA) is 37.0 Å². The fraction of sp³-hybridized carbons (Fsp3) is 0.154. The first-order valence-electron chi connectivity index (χ1n) is 5.29. The zero-order valence-electron chi connectivity index (χ0n) is 9.27. The standard InChI is InChI=1S/C13H15N3/c1-14-12-7-13(10-15-9-12)16-8-11-5-3-2-4-6-11/h2-7,9-10,14,16H,8H2,1H3. The molecule has 1 aromatic carbocycles. The molecule has 0 spiro atoms. The van der Waals surface area contributed by atoms with Crippen LogP contribution >= 0.6 is 0 Å². The van der Waals surface area contributed by atoms with E-state index in [-0.39, 0.29) is 0 Å². The van der Waals surface area contributed by atoms with Gasteiger partial charge in [-0.15, -0.1) is 0 Å². The van der Waals surface area contributed by atoms with E-state index < -0.39 is 0 Å². The number of anilines is 2. The first-order chi connectivity index (χ1) is 7.88. The monoisotopic (exact) mass is 213 g/mol. The van der Waals surface area contributed by atoms with Crippen molar-refractivity contribution in [3.05, 3.63) is 54.4 Å². The van der Waals surface area contributed by atoms with E-state index in [0.717, 1.165) is 17.9 Å². The predicted molar refractivity (Wildman–Crippen MR) is 67.6 cm³/mol. The predicted octanol–water partition coefficient (Wildman–Crippen LogP) is 2.74. The fourth-order valence-corrected chi connectivity index (χ4v) is 1.47. The highest BCUT2D eigenvalue weighted by Crippen LogP contribution is 2.13. The molecule has 3 heteroatoms. The Morgan fingerprint density at radius 2 is 1.81 bits per heavy atom. The lowest BCUT2D eigenvalue weighted by Gasteiger charge is -2.07. The summed E-state index contributed by atoms with van der Waals surface area (Å²) in [5.41, 5.74) is 3.30. The van der Waals surface area contributed by atoms with Gasteiger partial charge in [0.15, 0.2) is 0 Å². The molecule has 2 rings (SSSR count). The van der Waals surface area contributed by atoms with Gasteiger partial charge in [0.1, 0.15) is 0 Å². The van der Waals surface area contributed by atoms with Gasteiger partial charge in [-0.05, 0) is 11.6 Å². The van der Waals surface area contributed by atoms with E-state index in [1.165, 1.54) is 5.56 Å². The Kier molecular flexibility index (Phi) is 3.38. The zero-order chi connectivity index (χ0) is 11.2. The maximum Gasteiger partial charge on any atom is 0.0550 e. The highest BCUT2D eigenvalue weighted by Gasteiger charge is 1.95. The molecule has 0 bridgehead atoms. The smallest absolute Gasteiger partial charge is 0.0550 e. The van der Waals surface area contributed by atoms with Gasteiger partial charge in [-0.2, -0.15) is 0 Å². The maximum absolute atomic E-state index is 4.14. The molecule has 16 heavy (non-hydrogen) atoms. The van der Waals surface area contributed by atoms with E-state index in [0.29, 0.717) is 0 Å².